The second-order valence-electron chi connectivity index (χ2n) is 7.63. The van der Waals surface area contributed by atoms with Crippen LogP contribution in [-0.4, -0.2) is 23.8 Å². The largest absolute Gasteiger partial charge is 0.493 e. The zero-order chi connectivity index (χ0) is 25.2. The molecule has 4 rings (SSSR count). The number of fused-ring (bicyclic) bond motifs is 1. The van der Waals surface area contributed by atoms with Crippen LogP contribution in [0.5, 0.6) is 11.5 Å². The predicted molar refractivity (Wildman–Crippen MR) is 130 cm³/mol. The van der Waals surface area contributed by atoms with Crippen molar-refractivity contribution >= 4 is 34.3 Å². The number of nitrogens with zero attached hydrogens (tertiary/aromatic N) is 2. The van der Waals surface area contributed by atoms with E-state index in [0.717, 1.165) is 17.7 Å². The van der Waals surface area contributed by atoms with Crippen molar-refractivity contribution in [3.8, 4) is 11.5 Å². The van der Waals surface area contributed by atoms with Gasteiger partial charge in [-0.2, -0.15) is 13.2 Å². The second-order valence-corrected chi connectivity index (χ2v) is 8.98. The molecule has 0 saturated heterocycles. The van der Waals surface area contributed by atoms with Gasteiger partial charge in [0.1, 0.15) is 5.49 Å². The number of alkyl halides is 3. The molecule has 0 amide bonds. The highest BCUT2D eigenvalue weighted by Gasteiger charge is 2.30. The van der Waals surface area contributed by atoms with E-state index >= 15 is 0 Å². The van der Waals surface area contributed by atoms with Gasteiger partial charge in [-0.15, -0.1) is 0 Å². The van der Waals surface area contributed by atoms with Crippen molar-refractivity contribution in [2.45, 2.75) is 23.6 Å². The van der Waals surface area contributed by atoms with Crippen molar-refractivity contribution in [3.05, 3.63) is 87.9 Å². The highest BCUT2D eigenvalue weighted by Crippen LogP contribution is 2.33. The van der Waals surface area contributed by atoms with Crippen LogP contribution >= 0.6 is 23.4 Å². The Hall–Kier alpha value is -3.17. The molecule has 5 nitrogen and oxygen atoms in total. The molecule has 0 unspecified atom stereocenters. The normalized spacial score (nSPS) is 11.6. The van der Waals surface area contributed by atoms with Gasteiger partial charge in [-0.25, -0.2) is 4.98 Å². The minimum atomic E-state index is -4.42. The molecule has 182 valence electrons. The van der Waals surface area contributed by atoms with Crippen LogP contribution < -0.4 is 15.0 Å². The molecule has 0 saturated carbocycles. The van der Waals surface area contributed by atoms with Crippen molar-refractivity contribution in [2.24, 2.45) is 0 Å². The molecule has 10 heteroatoms. The molecule has 0 aliphatic rings. The smallest absolute Gasteiger partial charge is 0.416 e. The standard InChI is InChI=1S/C25H21ClF3N3O2S/c1-33-21-11-18-20(12-22(21)34-2)31-24(32(23(18)30)13-16-7-3-4-9-19(16)26)35-14-15-6-5-8-17(10-15)25(27,28)29/h3-12,30H,13-14H2,1-2H3. The summed E-state index contributed by atoms with van der Waals surface area (Å²) in [5.74, 6) is 1.16. The number of methoxy groups -OCH3 is 2. The van der Waals surface area contributed by atoms with Crippen LogP contribution in [0.25, 0.3) is 10.9 Å². The fraction of sp³-hybridized carbons (Fsp3) is 0.200. The number of hydrogen-bond donors (Lipinski definition) is 1. The van der Waals surface area contributed by atoms with Gasteiger partial charge in [0.2, 0.25) is 0 Å². The fourth-order valence-electron chi connectivity index (χ4n) is 3.59. The van der Waals surface area contributed by atoms with Gasteiger partial charge < -0.3 is 14.0 Å². The Kier molecular flexibility index (Phi) is 7.28. The maximum Gasteiger partial charge on any atom is 0.416 e. The summed E-state index contributed by atoms with van der Waals surface area (Å²) in [5, 5.41) is 10.5. The number of halogens is 4. The SMILES string of the molecule is COc1cc2nc(SCc3cccc(C(F)(F)F)c3)n(Cc3ccccc3Cl)c(=N)c2cc1OC. The zero-order valence-corrected chi connectivity index (χ0v) is 20.4. The van der Waals surface area contributed by atoms with E-state index in [1.807, 2.05) is 18.2 Å². The molecular formula is C25H21ClF3N3O2S. The van der Waals surface area contributed by atoms with Crippen LogP contribution in [-0.2, 0) is 18.5 Å². The number of nitrogens with one attached hydrogen (secondary N) is 1. The van der Waals surface area contributed by atoms with Crippen molar-refractivity contribution in [3.63, 3.8) is 0 Å². The third-order valence-corrected chi connectivity index (χ3v) is 6.80. The third-order valence-electron chi connectivity index (χ3n) is 5.38. The van der Waals surface area contributed by atoms with Crippen molar-refractivity contribution in [2.75, 3.05) is 14.2 Å². The summed E-state index contributed by atoms with van der Waals surface area (Å²) < 4.78 is 51.9. The number of rotatable bonds is 7. The Balaban J connectivity index is 1.80. The van der Waals surface area contributed by atoms with Crippen LogP contribution in [0.1, 0.15) is 16.7 Å². The van der Waals surface area contributed by atoms with Crippen LogP contribution in [0.2, 0.25) is 5.02 Å². The van der Waals surface area contributed by atoms with E-state index in [0.29, 0.717) is 38.1 Å². The van der Waals surface area contributed by atoms with Crippen molar-refractivity contribution in [1.82, 2.24) is 9.55 Å². The van der Waals surface area contributed by atoms with Crippen molar-refractivity contribution in [1.29, 1.82) is 5.41 Å². The molecule has 1 aromatic heterocycles. The summed E-state index contributed by atoms with van der Waals surface area (Å²) in [7, 11) is 3.02. The van der Waals surface area contributed by atoms with Gasteiger partial charge in [-0.1, -0.05) is 59.8 Å². The maximum atomic E-state index is 13.2. The molecule has 0 aliphatic heterocycles. The summed E-state index contributed by atoms with van der Waals surface area (Å²) >= 11 is 7.62. The van der Waals surface area contributed by atoms with Crippen LogP contribution in [0, 0.1) is 5.41 Å². The Bertz CT molecular complexity index is 1440. The van der Waals surface area contributed by atoms with Crippen LogP contribution in [0.15, 0.2) is 65.8 Å². The molecule has 0 bridgehead atoms. The lowest BCUT2D eigenvalue weighted by Crippen LogP contribution is -2.24. The molecule has 0 radical (unpaired) electrons. The topological polar surface area (TPSA) is 60.1 Å². The Morgan fingerprint density at radius 3 is 2.40 bits per heavy atom. The van der Waals surface area contributed by atoms with Gasteiger partial charge >= 0.3 is 6.18 Å². The molecule has 1 heterocycles. The molecule has 0 fully saturated rings. The van der Waals surface area contributed by atoms with E-state index in [1.165, 1.54) is 32.0 Å². The molecule has 0 aliphatic carbocycles. The average molecular weight is 520 g/mol. The van der Waals surface area contributed by atoms with Gasteiger partial charge in [-0.05, 0) is 29.3 Å². The monoisotopic (exact) mass is 519 g/mol. The number of hydrogen-bond acceptors (Lipinski definition) is 5. The summed E-state index contributed by atoms with van der Waals surface area (Å²) in [5.41, 5.74) is 1.26. The first-order valence-corrected chi connectivity index (χ1v) is 11.8. The molecule has 35 heavy (non-hydrogen) atoms. The Morgan fingerprint density at radius 1 is 1.00 bits per heavy atom. The number of aromatic nitrogens is 2. The van der Waals surface area contributed by atoms with Crippen LogP contribution in [0.4, 0.5) is 13.2 Å². The molecule has 4 aromatic rings. The lowest BCUT2D eigenvalue weighted by molar-refractivity contribution is -0.137. The minimum Gasteiger partial charge on any atom is -0.493 e. The molecule has 0 spiro atoms. The summed E-state index contributed by atoms with van der Waals surface area (Å²) in [6.45, 7) is 0.265. The summed E-state index contributed by atoms with van der Waals surface area (Å²) in [6.07, 6.45) is -4.42. The third kappa shape index (κ3) is 5.41. The van der Waals surface area contributed by atoms with Gasteiger partial charge in [0, 0.05) is 22.2 Å². The summed E-state index contributed by atoms with van der Waals surface area (Å²) in [4.78, 5) is 4.74. The predicted octanol–water partition coefficient (Wildman–Crippen LogP) is 6.55. The average Bonchev–Trinajstić information content (AvgIpc) is 2.84. The quantitative estimate of drug-likeness (QED) is 0.222. The lowest BCUT2D eigenvalue weighted by Gasteiger charge is -2.17. The summed E-state index contributed by atoms with van der Waals surface area (Å²) in [6, 6.07) is 15.8. The highest BCUT2D eigenvalue weighted by atomic mass is 35.5. The first-order chi connectivity index (χ1) is 16.7. The molecule has 3 aromatic carbocycles. The van der Waals surface area contributed by atoms with Crippen molar-refractivity contribution < 1.29 is 22.6 Å². The Labute approximate surface area is 209 Å². The Morgan fingerprint density at radius 2 is 1.71 bits per heavy atom. The van der Waals surface area contributed by atoms with Gasteiger partial charge in [-0.3, -0.25) is 5.41 Å². The zero-order valence-electron chi connectivity index (χ0n) is 18.8. The van der Waals surface area contributed by atoms with Gasteiger partial charge in [0.15, 0.2) is 16.7 Å². The van der Waals surface area contributed by atoms with Gasteiger partial charge in [0.25, 0.3) is 0 Å². The molecule has 0 atom stereocenters. The van der Waals surface area contributed by atoms with Gasteiger partial charge in [0.05, 0.1) is 31.8 Å². The highest BCUT2D eigenvalue weighted by molar-refractivity contribution is 7.98. The molecule has 1 N–H and O–H groups in total. The van der Waals surface area contributed by atoms with E-state index in [-0.39, 0.29) is 17.8 Å². The van der Waals surface area contributed by atoms with E-state index in [9.17, 15) is 13.2 Å². The minimum absolute atomic E-state index is 0.169. The van der Waals surface area contributed by atoms with E-state index in [1.54, 1.807) is 28.8 Å². The maximum absolute atomic E-state index is 13.2. The van der Waals surface area contributed by atoms with E-state index < -0.39 is 11.7 Å². The number of thioether (sulfide) groups is 1. The first-order valence-electron chi connectivity index (χ1n) is 10.4. The number of ether oxygens (including phenoxy) is 2. The van der Waals surface area contributed by atoms with Crippen LogP contribution in [0.3, 0.4) is 0 Å². The van der Waals surface area contributed by atoms with E-state index in [4.69, 9.17) is 31.5 Å². The first kappa shape index (κ1) is 24.9. The number of benzene rings is 3. The molecular weight excluding hydrogens is 499 g/mol. The lowest BCUT2D eigenvalue weighted by atomic mass is 10.1. The second kappa shape index (κ2) is 10.2. The fourth-order valence-corrected chi connectivity index (χ4v) is 4.74. The van der Waals surface area contributed by atoms with E-state index in [2.05, 4.69) is 0 Å².